The Kier molecular flexibility index (Phi) is 5.38. The van der Waals surface area contributed by atoms with Crippen LogP contribution < -0.4 is 10.1 Å². The first kappa shape index (κ1) is 19.2. The molecule has 1 amide bonds. The van der Waals surface area contributed by atoms with Gasteiger partial charge in [0.05, 0.1) is 17.6 Å². The van der Waals surface area contributed by atoms with E-state index in [4.69, 9.17) is 16.3 Å². The van der Waals surface area contributed by atoms with Gasteiger partial charge in [-0.25, -0.2) is 4.98 Å². The molecule has 0 aliphatic rings. The van der Waals surface area contributed by atoms with E-state index in [0.29, 0.717) is 10.6 Å². The van der Waals surface area contributed by atoms with Crippen molar-refractivity contribution in [3.8, 4) is 16.2 Å². The number of halogens is 4. The Hall–Kier alpha value is -2.58. The van der Waals surface area contributed by atoms with E-state index in [9.17, 15) is 18.0 Å². The van der Waals surface area contributed by atoms with Crippen molar-refractivity contribution in [2.24, 2.45) is 0 Å². The van der Waals surface area contributed by atoms with Gasteiger partial charge in [-0.15, -0.1) is 0 Å². The first-order valence-corrected chi connectivity index (χ1v) is 8.77. The molecule has 0 saturated heterocycles. The van der Waals surface area contributed by atoms with Crippen LogP contribution in [0.2, 0.25) is 5.02 Å². The highest BCUT2D eigenvalue weighted by Crippen LogP contribution is 2.42. The number of methoxy groups -OCH3 is 1. The van der Waals surface area contributed by atoms with Crippen molar-refractivity contribution in [3.05, 3.63) is 64.8 Å². The quantitative estimate of drug-likeness (QED) is 0.594. The fraction of sp³-hybridized carbons (Fsp3) is 0.111. The molecule has 3 rings (SSSR count). The fourth-order valence-electron chi connectivity index (χ4n) is 2.37. The highest BCUT2D eigenvalue weighted by molar-refractivity contribution is 7.19. The van der Waals surface area contributed by atoms with E-state index in [-0.39, 0.29) is 21.3 Å². The second-order valence-electron chi connectivity index (χ2n) is 5.36. The number of hydrogen-bond donors (Lipinski definition) is 1. The largest absolute Gasteiger partial charge is 0.496 e. The number of nitrogens with one attached hydrogen (secondary N) is 1. The number of thiazole rings is 1. The van der Waals surface area contributed by atoms with Crippen LogP contribution in [0, 0.1) is 0 Å². The molecule has 0 radical (unpaired) electrons. The minimum atomic E-state index is -4.65. The number of ether oxygens (including phenoxy) is 1. The molecule has 9 heteroatoms. The van der Waals surface area contributed by atoms with Gasteiger partial charge in [0.15, 0.2) is 10.8 Å². The zero-order valence-corrected chi connectivity index (χ0v) is 15.4. The number of carbonyl (C=O) groups excluding carboxylic acids is 1. The molecule has 2 aromatic carbocycles. The summed E-state index contributed by atoms with van der Waals surface area (Å²) in [5.41, 5.74) is -0.592. The summed E-state index contributed by atoms with van der Waals surface area (Å²) >= 11 is 6.64. The lowest BCUT2D eigenvalue weighted by atomic mass is 10.1. The standard InChI is InChI=1S/C18H12ClF3N2O2S/c1-26-13-8-7-11(19)9-12(13)16(25)24-17-23-15(18(20,21)22)14(27-17)10-5-3-2-4-6-10/h2-9H,1H3,(H,23,24,25). The summed E-state index contributed by atoms with van der Waals surface area (Å²) in [6, 6.07) is 12.5. The Morgan fingerprint density at radius 1 is 1.19 bits per heavy atom. The van der Waals surface area contributed by atoms with Gasteiger partial charge < -0.3 is 4.74 Å². The number of carbonyl (C=O) groups is 1. The lowest BCUT2D eigenvalue weighted by Crippen LogP contribution is -2.14. The Morgan fingerprint density at radius 2 is 1.89 bits per heavy atom. The molecule has 0 unspecified atom stereocenters. The van der Waals surface area contributed by atoms with Crippen molar-refractivity contribution < 1.29 is 22.7 Å². The first-order chi connectivity index (χ1) is 12.8. The molecule has 0 bridgehead atoms. The molecule has 0 spiro atoms. The van der Waals surface area contributed by atoms with Gasteiger partial charge in [-0.1, -0.05) is 53.3 Å². The zero-order chi connectivity index (χ0) is 19.6. The maximum Gasteiger partial charge on any atom is 0.434 e. The molecule has 0 aliphatic carbocycles. The normalized spacial score (nSPS) is 11.3. The van der Waals surface area contributed by atoms with Crippen molar-refractivity contribution in [3.63, 3.8) is 0 Å². The third-order valence-corrected chi connectivity index (χ3v) is 4.81. The van der Waals surface area contributed by atoms with Crippen LogP contribution in [0.4, 0.5) is 18.3 Å². The first-order valence-electron chi connectivity index (χ1n) is 7.58. The smallest absolute Gasteiger partial charge is 0.434 e. The van der Waals surface area contributed by atoms with E-state index in [1.54, 1.807) is 30.3 Å². The topological polar surface area (TPSA) is 51.2 Å². The average molecular weight is 413 g/mol. The maximum absolute atomic E-state index is 13.4. The van der Waals surface area contributed by atoms with E-state index in [2.05, 4.69) is 10.3 Å². The molecule has 0 atom stereocenters. The summed E-state index contributed by atoms with van der Waals surface area (Å²) in [6.45, 7) is 0. The van der Waals surface area contributed by atoms with Crippen molar-refractivity contribution in [1.29, 1.82) is 0 Å². The van der Waals surface area contributed by atoms with E-state index in [0.717, 1.165) is 11.3 Å². The van der Waals surface area contributed by atoms with Crippen LogP contribution in [0.5, 0.6) is 5.75 Å². The Balaban J connectivity index is 1.98. The predicted molar refractivity (Wildman–Crippen MR) is 98.5 cm³/mol. The number of alkyl halides is 3. The molecule has 0 aliphatic heterocycles. The number of hydrogen-bond acceptors (Lipinski definition) is 4. The van der Waals surface area contributed by atoms with E-state index < -0.39 is 17.8 Å². The van der Waals surface area contributed by atoms with Crippen LogP contribution >= 0.6 is 22.9 Å². The van der Waals surface area contributed by atoms with Gasteiger partial charge in [0, 0.05) is 5.02 Å². The van der Waals surface area contributed by atoms with E-state index in [1.165, 1.54) is 25.3 Å². The Labute approximate surface area is 161 Å². The lowest BCUT2D eigenvalue weighted by molar-refractivity contribution is -0.140. The maximum atomic E-state index is 13.4. The van der Waals surface area contributed by atoms with Crippen molar-refractivity contribution >= 4 is 34.0 Å². The van der Waals surface area contributed by atoms with Crippen LogP contribution in [-0.2, 0) is 6.18 Å². The number of rotatable bonds is 4. The molecular weight excluding hydrogens is 401 g/mol. The van der Waals surface area contributed by atoms with Crippen LogP contribution in [0.1, 0.15) is 16.1 Å². The van der Waals surface area contributed by atoms with Crippen molar-refractivity contribution in [2.45, 2.75) is 6.18 Å². The summed E-state index contributed by atoms with van der Waals surface area (Å²) in [5, 5.41) is 2.51. The SMILES string of the molecule is COc1ccc(Cl)cc1C(=O)Nc1nc(C(F)(F)F)c(-c2ccccc2)s1. The summed E-state index contributed by atoms with van der Waals surface area (Å²) in [6.07, 6.45) is -4.65. The molecule has 1 heterocycles. The molecule has 1 aromatic heterocycles. The third-order valence-electron chi connectivity index (χ3n) is 3.56. The fourth-order valence-corrected chi connectivity index (χ4v) is 3.53. The van der Waals surface area contributed by atoms with Crippen molar-refractivity contribution in [2.75, 3.05) is 12.4 Å². The number of aromatic nitrogens is 1. The number of benzene rings is 2. The zero-order valence-electron chi connectivity index (χ0n) is 13.8. The summed E-state index contributed by atoms with van der Waals surface area (Å²) in [5.74, 6) is -0.427. The molecule has 27 heavy (non-hydrogen) atoms. The second-order valence-corrected chi connectivity index (χ2v) is 6.79. The minimum absolute atomic E-state index is 0.0727. The monoisotopic (exact) mass is 412 g/mol. The molecule has 0 saturated carbocycles. The molecule has 140 valence electrons. The molecule has 3 aromatic rings. The minimum Gasteiger partial charge on any atom is -0.496 e. The molecule has 1 N–H and O–H groups in total. The van der Waals surface area contributed by atoms with Crippen LogP contribution in [0.25, 0.3) is 10.4 Å². The van der Waals surface area contributed by atoms with Crippen LogP contribution in [0.15, 0.2) is 48.5 Å². The third kappa shape index (κ3) is 4.23. The molecule has 0 fully saturated rings. The van der Waals surface area contributed by atoms with Crippen LogP contribution in [0.3, 0.4) is 0 Å². The van der Waals surface area contributed by atoms with E-state index in [1.807, 2.05) is 0 Å². The summed E-state index contributed by atoms with van der Waals surface area (Å²) in [7, 11) is 1.37. The highest BCUT2D eigenvalue weighted by atomic mass is 35.5. The Morgan fingerprint density at radius 3 is 2.52 bits per heavy atom. The number of anilines is 1. The van der Waals surface area contributed by atoms with Gasteiger partial charge in [-0.3, -0.25) is 10.1 Å². The number of nitrogens with zero attached hydrogens (tertiary/aromatic N) is 1. The van der Waals surface area contributed by atoms with Crippen molar-refractivity contribution in [1.82, 2.24) is 4.98 Å². The van der Waals surface area contributed by atoms with E-state index >= 15 is 0 Å². The molecular formula is C18H12ClF3N2O2S. The Bertz CT molecular complexity index is 974. The number of amides is 1. The lowest BCUT2D eigenvalue weighted by Gasteiger charge is -2.08. The average Bonchev–Trinajstić information content (AvgIpc) is 3.06. The van der Waals surface area contributed by atoms with Gasteiger partial charge in [-0.05, 0) is 23.8 Å². The summed E-state index contributed by atoms with van der Waals surface area (Å²) < 4.78 is 45.2. The van der Waals surface area contributed by atoms with Gasteiger partial charge in [0.25, 0.3) is 5.91 Å². The van der Waals surface area contributed by atoms with Gasteiger partial charge in [0.1, 0.15) is 5.75 Å². The highest BCUT2D eigenvalue weighted by Gasteiger charge is 2.38. The van der Waals surface area contributed by atoms with Gasteiger partial charge >= 0.3 is 6.18 Å². The second kappa shape index (κ2) is 7.58. The van der Waals surface area contributed by atoms with Crippen LogP contribution in [-0.4, -0.2) is 18.0 Å². The van der Waals surface area contributed by atoms with Gasteiger partial charge in [-0.2, -0.15) is 13.2 Å². The van der Waals surface area contributed by atoms with Gasteiger partial charge in [0.2, 0.25) is 0 Å². The summed E-state index contributed by atoms with van der Waals surface area (Å²) in [4.78, 5) is 16.0. The predicted octanol–water partition coefficient (Wildman–Crippen LogP) is 5.74. The molecule has 4 nitrogen and oxygen atoms in total.